The Morgan fingerprint density at radius 2 is 2.12 bits per heavy atom. The maximum absolute atomic E-state index is 4.31. The predicted octanol–water partition coefficient (Wildman–Crippen LogP) is 3.72. The molecule has 0 aliphatic carbocycles. The van der Waals surface area contributed by atoms with Crippen LogP contribution in [-0.2, 0) is 6.54 Å². The number of benzene rings is 1. The van der Waals surface area contributed by atoms with Gasteiger partial charge < -0.3 is 5.32 Å². The van der Waals surface area contributed by atoms with Crippen LogP contribution < -0.4 is 5.32 Å². The van der Waals surface area contributed by atoms with E-state index in [-0.39, 0.29) is 0 Å². The smallest absolute Gasteiger partial charge is 0.109 e. The lowest BCUT2D eigenvalue weighted by Gasteiger charge is -2.11. The van der Waals surface area contributed by atoms with E-state index in [9.17, 15) is 0 Å². The molecule has 1 atom stereocenters. The number of thioether (sulfide) groups is 1. The SMILES string of the molecule is CSc1ccc(CNC(C)c2nccs2)cc1. The molecule has 90 valence electrons. The molecule has 2 nitrogen and oxygen atoms in total. The third kappa shape index (κ3) is 3.56. The van der Waals surface area contributed by atoms with Crippen LogP contribution in [-0.4, -0.2) is 11.2 Å². The Kier molecular flexibility index (Phi) is 4.59. The van der Waals surface area contributed by atoms with Crippen LogP contribution in [0.3, 0.4) is 0 Å². The first kappa shape index (κ1) is 12.6. The first-order chi connectivity index (χ1) is 8.29. The van der Waals surface area contributed by atoms with E-state index in [4.69, 9.17) is 0 Å². The molecule has 0 saturated heterocycles. The molecule has 1 N–H and O–H groups in total. The van der Waals surface area contributed by atoms with E-state index in [2.05, 4.69) is 47.7 Å². The summed E-state index contributed by atoms with van der Waals surface area (Å²) < 4.78 is 0. The van der Waals surface area contributed by atoms with Gasteiger partial charge in [-0.25, -0.2) is 4.98 Å². The largest absolute Gasteiger partial charge is 0.304 e. The molecule has 1 heterocycles. The van der Waals surface area contributed by atoms with Gasteiger partial charge in [-0.05, 0) is 30.9 Å². The summed E-state index contributed by atoms with van der Waals surface area (Å²) in [5.41, 5.74) is 1.31. The molecule has 0 spiro atoms. The van der Waals surface area contributed by atoms with Crippen molar-refractivity contribution in [1.29, 1.82) is 0 Å². The van der Waals surface area contributed by atoms with Gasteiger partial charge in [0.1, 0.15) is 5.01 Å². The number of nitrogens with zero attached hydrogens (tertiary/aromatic N) is 1. The minimum absolute atomic E-state index is 0.315. The maximum atomic E-state index is 4.31. The number of hydrogen-bond donors (Lipinski definition) is 1. The zero-order valence-corrected chi connectivity index (χ0v) is 11.6. The first-order valence-electron chi connectivity index (χ1n) is 5.55. The molecule has 1 aromatic heterocycles. The fourth-order valence-electron chi connectivity index (χ4n) is 1.55. The quantitative estimate of drug-likeness (QED) is 0.833. The predicted molar refractivity (Wildman–Crippen MR) is 75.6 cm³/mol. The van der Waals surface area contributed by atoms with E-state index in [0.29, 0.717) is 6.04 Å². The van der Waals surface area contributed by atoms with E-state index in [0.717, 1.165) is 11.6 Å². The van der Waals surface area contributed by atoms with Crippen LogP contribution in [0, 0.1) is 0 Å². The molecule has 0 fully saturated rings. The van der Waals surface area contributed by atoms with Crippen molar-refractivity contribution in [2.45, 2.75) is 24.4 Å². The van der Waals surface area contributed by atoms with Crippen molar-refractivity contribution in [1.82, 2.24) is 10.3 Å². The van der Waals surface area contributed by atoms with Crippen molar-refractivity contribution in [2.75, 3.05) is 6.26 Å². The highest BCUT2D eigenvalue weighted by atomic mass is 32.2. The molecule has 1 unspecified atom stereocenters. The fraction of sp³-hybridized carbons (Fsp3) is 0.308. The normalized spacial score (nSPS) is 12.6. The van der Waals surface area contributed by atoms with E-state index in [1.54, 1.807) is 23.1 Å². The van der Waals surface area contributed by atoms with Crippen molar-refractivity contribution in [3.63, 3.8) is 0 Å². The molecule has 1 aromatic carbocycles. The second-order valence-electron chi connectivity index (χ2n) is 3.82. The van der Waals surface area contributed by atoms with Gasteiger partial charge in [0.05, 0.1) is 6.04 Å². The molecule has 0 amide bonds. The van der Waals surface area contributed by atoms with Gasteiger partial charge in [-0.2, -0.15) is 0 Å². The lowest BCUT2D eigenvalue weighted by Crippen LogP contribution is -2.17. The Hall–Kier alpha value is -0.840. The summed E-state index contributed by atoms with van der Waals surface area (Å²) in [6.45, 7) is 3.03. The van der Waals surface area contributed by atoms with Crippen LogP contribution in [0.5, 0.6) is 0 Å². The Bertz CT molecular complexity index is 437. The molecular weight excluding hydrogens is 248 g/mol. The van der Waals surface area contributed by atoms with Gasteiger partial charge in [0.25, 0.3) is 0 Å². The number of hydrogen-bond acceptors (Lipinski definition) is 4. The Labute approximate surface area is 110 Å². The van der Waals surface area contributed by atoms with Gasteiger partial charge in [-0.3, -0.25) is 0 Å². The maximum Gasteiger partial charge on any atom is 0.109 e. The first-order valence-corrected chi connectivity index (χ1v) is 7.65. The summed E-state index contributed by atoms with van der Waals surface area (Å²) >= 11 is 3.47. The average Bonchev–Trinajstić information content (AvgIpc) is 2.90. The molecular formula is C13H16N2S2. The topological polar surface area (TPSA) is 24.9 Å². The summed E-state index contributed by atoms with van der Waals surface area (Å²) in [4.78, 5) is 5.62. The van der Waals surface area contributed by atoms with Crippen LogP contribution in [0.15, 0.2) is 40.7 Å². The summed E-state index contributed by atoms with van der Waals surface area (Å²) in [5, 5.41) is 6.64. The molecule has 0 aliphatic rings. The Balaban J connectivity index is 1.89. The number of thiazole rings is 1. The van der Waals surface area contributed by atoms with Gasteiger partial charge in [0.2, 0.25) is 0 Å². The summed E-state index contributed by atoms with van der Waals surface area (Å²) in [6, 6.07) is 8.99. The minimum atomic E-state index is 0.315. The van der Waals surface area contributed by atoms with Crippen LogP contribution in [0.4, 0.5) is 0 Å². The van der Waals surface area contributed by atoms with E-state index < -0.39 is 0 Å². The Morgan fingerprint density at radius 3 is 2.71 bits per heavy atom. The van der Waals surface area contributed by atoms with Gasteiger partial charge in [0.15, 0.2) is 0 Å². The molecule has 2 aromatic rings. The molecule has 0 radical (unpaired) electrons. The van der Waals surface area contributed by atoms with Gasteiger partial charge in [0, 0.05) is 23.0 Å². The summed E-state index contributed by atoms with van der Waals surface area (Å²) in [5.74, 6) is 0. The molecule has 0 saturated carbocycles. The van der Waals surface area contributed by atoms with Crippen molar-refractivity contribution in [3.05, 3.63) is 46.4 Å². The second-order valence-corrected chi connectivity index (χ2v) is 5.63. The van der Waals surface area contributed by atoms with Crippen molar-refractivity contribution in [3.8, 4) is 0 Å². The second kappa shape index (κ2) is 6.19. The lowest BCUT2D eigenvalue weighted by atomic mass is 10.2. The van der Waals surface area contributed by atoms with E-state index >= 15 is 0 Å². The molecule has 17 heavy (non-hydrogen) atoms. The lowest BCUT2D eigenvalue weighted by molar-refractivity contribution is 0.571. The zero-order chi connectivity index (χ0) is 12.1. The standard InChI is InChI=1S/C13H16N2S2/c1-10(13-14-7-8-17-13)15-9-11-3-5-12(16-2)6-4-11/h3-8,10,15H,9H2,1-2H3. The van der Waals surface area contributed by atoms with Crippen LogP contribution in [0.25, 0.3) is 0 Å². The molecule has 0 aliphatic heterocycles. The highest BCUT2D eigenvalue weighted by Crippen LogP contribution is 2.17. The molecule has 2 rings (SSSR count). The average molecular weight is 264 g/mol. The number of nitrogens with one attached hydrogen (secondary N) is 1. The number of rotatable bonds is 5. The summed E-state index contributed by atoms with van der Waals surface area (Å²) in [7, 11) is 0. The number of aromatic nitrogens is 1. The summed E-state index contributed by atoms with van der Waals surface area (Å²) in [6.07, 6.45) is 3.95. The van der Waals surface area contributed by atoms with Crippen LogP contribution in [0.1, 0.15) is 23.5 Å². The minimum Gasteiger partial charge on any atom is -0.304 e. The van der Waals surface area contributed by atoms with Gasteiger partial charge in [-0.1, -0.05) is 12.1 Å². The van der Waals surface area contributed by atoms with E-state index in [1.807, 2.05) is 11.6 Å². The van der Waals surface area contributed by atoms with Gasteiger partial charge in [-0.15, -0.1) is 23.1 Å². The highest BCUT2D eigenvalue weighted by Gasteiger charge is 2.06. The third-order valence-electron chi connectivity index (χ3n) is 2.59. The zero-order valence-electron chi connectivity index (χ0n) is 10.0. The third-order valence-corrected chi connectivity index (χ3v) is 4.30. The highest BCUT2D eigenvalue weighted by molar-refractivity contribution is 7.98. The molecule has 4 heteroatoms. The van der Waals surface area contributed by atoms with Crippen molar-refractivity contribution < 1.29 is 0 Å². The van der Waals surface area contributed by atoms with Crippen molar-refractivity contribution in [2.24, 2.45) is 0 Å². The van der Waals surface area contributed by atoms with Gasteiger partial charge >= 0.3 is 0 Å². The molecule has 0 bridgehead atoms. The fourth-order valence-corrected chi connectivity index (χ4v) is 2.63. The monoisotopic (exact) mass is 264 g/mol. The van der Waals surface area contributed by atoms with Crippen LogP contribution >= 0.6 is 23.1 Å². The Morgan fingerprint density at radius 1 is 1.35 bits per heavy atom. The van der Waals surface area contributed by atoms with Crippen molar-refractivity contribution >= 4 is 23.1 Å². The van der Waals surface area contributed by atoms with Crippen LogP contribution in [0.2, 0.25) is 0 Å². The van der Waals surface area contributed by atoms with E-state index in [1.165, 1.54) is 10.5 Å².